The zero-order chi connectivity index (χ0) is 13.8. The van der Waals surface area contributed by atoms with E-state index in [4.69, 9.17) is 16.3 Å². The Labute approximate surface area is 112 Å². The second-order valence-corrected chi connectivity index (χ2v) is 4.02. The van der Waals surface area contributed by atoms with Crippen LogP contribution in [0.15, 0.2) is 36.5 Å². The fourth-order valence-electron chi connectivity index (χ4n) is 1.40. The Morgan fingerprint density at radius 2 is 2.05 bits per heavy atom. The average molecular weight is 284 g/mol. The number of aromatic nitrogens is 1. The Hall–Kier alpha value is -2.01. The highest BCUT2D eigenvalue weighted by molar-refractivity contribution is 6.32. The molecule has 0 fully saturated rings. The van der Waals surface area contributed by atoms with Gasteiger partial charge in [0.1, 0.15) is 23.4 Å². The molecule has 1 aromatic heterocycles. The quantitative estimate of drug-likeness (QED) is 0.640. The molecule has 0 aliphatic heterocycles. The molecule has 0 spiro atoms. The topological polar surface area (TPSA) is 39.2 Å². The highest BCUT2D eigenvalue weighted by Crippen LogP contribution is 2.16. The summed E-state index contributed by atoms with van der Waals surface area (Å²) in [7, 11) is 0. The lowest BCUT2D eigenvalue weighted by Crippen LogP contribution is -2.08. The lowest BCUT2D eigenvalue weighted by molar-refractivity contribution is 0.0468. The van der Waals surface area contributed by atoms with Gasteiger partial charge in [-0.25, -0.2) is 18.6 Å². The number of pyridine rings is 1. The minimum absolute atomic E-state index is 0.167. The highest BCUT2D eigenvalue weighted by atomic mass is 35.5. The first-order valence-electron chi connectivity index (χ1n) is 5.29. The summed E-state index contributed by atoms with van der Waals surface area (Å²) in [5.74, 6) is -2.05. The van der Waals surface area contributed by atoms with Crippen LogP contribution in [0.3, 0.4) is 0 Å². The molecule has 98 valence electrons. The van der Waals surface area contributed by atoms with E-state index in [0.29, 0.717) is 0 Å². The van der Waals surface area contributed by atoms with E-state index in [0.717, 1.165) is 12.3 Å². The van der Waals surface area contributed by atoms with Gasteiger partial charge in [-0.15, -0.1) is 0 Å². The number of hydrogen-bond acceptors (Lipinski definition) is 3. The van der Waals surface area contributed by atoms with Crippen LogP contribution in [0.2, 0.25) is 5.15 Å². The molecule has 0 radical (unpaired) electrons. The van der Waals surface area contributed by atoms with Crippen molar-refractivity contribution in [3.8, 4) is 0 Å². The Morgan fingerprint density at radius 1 is 1.32 bits per heavy atom. The van der Waals surface area contributed by atoms with Gasteiger partial charge in [-0.2, -0.15) is 0 Å². The highest BCUT2D eigenvalue weighted by Gasteiger charge is 2.15. The molecule has 0 unspecified atom stereocenters. The van der Waals surface area contributed by atoms with Gasteiger partial charge in [0.25, 0.3) is 0 Å². The molecule has 0 bridgehead atoms. The third kappa shape index (κ3) is 3.26. The average Bonchev–Trinajstić information content (AvgIpc) is 2.40. The van der Waals surface area contributed by atoms with Crippen molar-refractivity contribution < 1.29 is 18.3 Å². The minimum Gasteiger partial charge on any atom is -0.457 e. The Kier molecular flexibility index (Phi) is 4.06. The molecule has 1 heterocycles. The Bertz CT molecular complexity index is 619. The predicted octanol–water partition coefficient (Wildman–Crippen LogP) is 3.37. The molecule has 0 aliphatic carbocycles. The number of halogens is 3. The molecule has 3 nitrogen and oxygen atoms in total. The van der Waals surface area contributed by atoms with E-state index in [1.54, 1.807) is 6.07 Å². The van der Waals surface area contributed by atoms with Gasteiger partial charge in [0.05, 0.1) is 11.8 Å². The number of rotatable bonds is 3. The molecule has 0 atom stereocenters. The fourth-order valence-corrected chi connectivity index (χ4v) is 1.58. The largest absolute Gasteiger partial charge is 0.457 e. The summed E-state index contributed by atoms with van der Waals surface area (Å²) < 4.78 is 31.1. The van der Waals surface area contributed by atoms with Crippen LogP contribution in [0.5, 0.6) is 0 Å². The van der Waals surface area contributed by atoms with Crippen molar-refractivity contribution in [2.75, 3.05) is 0 Å². The number of hydrogen-bond donors (Lipinski definition) is 0. The van der Waals surface area contributed by atoms with Gasteiger partial charge in [0.15, 0.2) is 0 Å². The SMILES string of the molecule is O=C(OCc1ccccc1F)c1cc(F)cnc1Cl. The summed E-state index contributed by atoms with van der Waals surface area (Å²) in [4.78, 5) is 15.2. The predicted molar refractivity (Wildman–Crippen MR) is 64.7 cm³/mol. The zero-order valence-corrected chi connectivity index (χ0v) is 10.3. The molecular formula is C13H8ClF2NO2. The summed E-state index contributed by atoms with van der Waals surface area (Å²) in [5, 5.41) is -0.167. The first-order valence-corrected chi connectivity index (χ1v) is 5.67. The lowest BCUT2D eigenvalue weighted by atomic mass is 10.2. The van der Waals surface area contributed by atoms with E-state index in [1.807, 2.05) is 0 Å². The first kappa shape index (κ1) is 13.4. The van der Waals surface area contributed by atoms with Gasteiger partial charge >= 0.3 is 5.97 Å². The zero-order valence-electron chi connectivity index (χ0n) is 9.57. The summed E-state index contributed by atoms with van der Waals surface area (Å²) in [6.45, 7) is -0.266. The molecule has 19 heavy (non-hydrogen) atoms. The molecule has 2 aromatic rings. The van der Waals surface area contributed by atoms with Gasteiger partial charge < -0.3 is 4.74 Å². The summed E-state index contributed by atoms with van der Waals surface area (Å²) in [5.41, 5.74) is 0.0225. The number of nitrogens with zero attached hydrogens (tertiary/aromatic N) is 1. The smallest absolute Gasteiger partial charge is 0.341 e. The molecule has 6 heteroatoms. The lowest BCUT2D eigenvalue weighted by Gasteiger charge is -2.06. The van der Waals surface area contributed by atoms with Crippen LogP contribution in [-0.4, -0.2) is 11.0 Å². The van der Waals surface area contributed by atoms with Crippen molar-refractivity contribution >= 4 is 17.6 Å². The fraction of sp³-hybridized carbons (Fsp3) is 0.0769. The van der Waals surface area contributed by atoms with Crippen LogP contribution >= 0.6 is 11.6 Å². The third-order valence-electron chi connectivity index (χ3n) is 2.34. The number of carbonyl (C=O) groups excluding carboxylic acids is 1. The van der Waals surface area contributed by atoms with Crippen LogP contribution in [0.4, 0.5) is 8.78 Å². The molecule has 0 aliphatic rings. The number of carbonyl (C=O) groups is 1. The van der Waals surface area contributed by atoms with Crippen molar-refractivity contribution in [2.24, 2.45) is 0 Å². The number of esters is 1. The first-order chi connectivity index (χ1) is 9.08. The van der Waals surface area contributed by atoms with Crippen LogP contribution < -0.4 is 0 Å². The van der Waals surface area contributed by atoms with Gasteiger partial charge in [0.2, 0.25) is 0 Å². The van der Waals surface area contributed by atoms with Crippen molar-refractivity contribution in [3.05, 3.63) is 64.4 Å². The maximum atomic E-state index is 13.3. The molecule has 0 N–H and O–H groups in total. The van der Waals surface area contributed by atoms with Crippen LogP contribution in [0.25, 0.3) is 0 Å². The van der Waals surface area contributed by atoms with E-state index in [2.05, 4.69) is 4.98 Å². The normalized spacial score (nSPS) is 10.3. The van der Waals surface area contributed by atoms with E-state index >= 15 is 0 Å². The van der Waals surface area contributed by atoms with Gasteiger partial charge in [-0.3, -0.25) is 0 Å². The molecule has 2 rings (SSSR count). The van der Waals surface area contributed by atoms with Crippen molar-refractivity contribution in [3.63, 3.8) is 0 Å². The standard InChI is InChI=1S/C13H8ClF2NO2/c14-12-10(5-9(15)6-17-12)13(18)19-7-8-3-1-2-4-11(8)16/h1-6H,7H2. The van der Waals surface area contributed by atoms with Crippen molar-refractivity contribution in [1.82, 2.24) is 4.98 Å². The molecular weight excluding hydrogens is 276 g/mol. The van der Waals surface area contributed by atoms with Gasteiger partial charge in [-0.1, -0.05) is 29.8 Å². The summed E-state index contributed by atoms with van der Waals surface area (Å²) in [6, 6.07) is 6.78. The second-order valence-electron chi connectivity index (χ2n) is 3.66. The summed E-state index contributed by atoms with van der Waals surface area (Å²) >= 11 is 5.65. The van der Waals surface area contributed by atoms with Gasteiger partial charge in [0, 0.05) is 5.56 Å². The Morgan fingerprint density at radius 3 is 2.79 bits per heavy atom. The maximum Gasteiger partial charge on any atom is 0.341 e. The van der Waals surface area contributed by atoms with E-state index in [1.165, 1.54) is 18.2 Å². The molecule has 0 amide bonds. The van der Waals surface area contributed by atoms with Crippen molar-refractivity contribution in [2.45, 2.75) is 6.61 Å². The maximum absolute atomic E-state index is 13.3. The van der Waals surface area contributed by atoms with Crippen LogP contribution in [0.1, 0.15) is 15.9 Å². The number of benzene rings is 1. The third-order valence-corrected chi connectivity index (χ3v) is 2.64. The monoisotopic (exact) mass is 283 g/mol. The molecule has 0 saturated carbocycles. The number of ether oxygens (including phenoxy) is 1. The van der Waals surface area contributed by atoms with E-state index < -0.39 is 17.6 Å². The minimum atomic E-state index is -0.861. The van der Waals surface area contributed by atoms with Crippen LogP contribution in [0, 0.1) is 11.6 Å². The van der Waals surface area contributed by atoms with E-state index in [-0.39, 0.29) is 22.9 Å². The van der Waals surface area contributed by atoms with Gasteiger partial charge in [-0.05, 0) is 12.1 Å². The molecule has 0 saturated heterocycles. The van der Waals surface area contributed by atoms with E-state index in [9.17, 15) is 13.6 Å². The van der Waals surface area contributed by atoms with Crippen molar-refractivity contribution in [1.29, 1.82) is 0 Å². The summed E-state index contributed by atoms with van der Waals surface area (Å²) in [6.07, 6.45) is 0.885. The Balaban J connectivity index is 2.10. The molecule has 1 aromatic carbocycles. The second kappa shape index (κ2) is 5.75. The van der Waals surface area contributed by atoms with Crippen LogP contribution in [-0.2, 0) is 11.3 Å².